The largest absolute Gasteiger partial charge is 0.444 e. The Labute approximate surface area is 96.7 Å². The van der Waals surface area contributed by atoms with E-state index in [1.54, 1.807) is 4.90 Å². The van der Waals surface area contributed by atoms with Gasteiger partial charge < -0.3 is 14.8 Å². The molecule has 5 nitrogen and oxygen atoms in total. The van der Waals surface area contributed by atoms with Gasteiger partial charge in [-0.25, -0.2) is 10.3 Å². The molecule has 1 aliphatic rings. The van der Waals surface area contributed by atoms with E-state index in [0.717, 1.165) is 25.8 Å². The van der Waals surface area contributed by atoms with E-state index in [4.69, 9.17) is 9.94 Å². The van der Waals surface area contributed by atoms with Crippen molar-refractivity contribution in [2.24, 2.45) is 0 Å². The highest BCUT2D eigenvalue weighted by Gasteiger charge is 2.31. The van der Waals surface area contributed by atoms with Crippen molar-refractivity contribution < 1.29 is 14.7 Å². The number of hydrogen-bond acceptors (Lipinski definition) is 4. The Morgan fingerprint density at radius 2 is 2.25 bits per heavy atom. The summed E-state index contributed by atoms with van der Waals surface area (Å²) < 4.78 is 5.34. The van der Waals surface area contributed by atoms with Gasteiger partial charge in [-0.15, -0.1) is 0 Å². The van der Waals surface area contributed by atoms with Gasteiger partial charge in [-0.1, -0.05) is 0 Å². The molecule has 0 aliphatic carbocycles. The quantitative estimate of drug-likeness (QED) is 0.725. The molecule has 0 aromatic rings. The minimum Gasteiger partial charge on any atom is -0.444 e. The molecule has 0 radical (unpaired) electrons. The van der Waals surface area contributed by atoms with Crippen LogP contribution in [0.5, 0.6) is 0 Å². The fourth-order valence-electron chi connectivity index (χ4n) is 1.93. The summed E-state index contributed by atoms with van der Waals surface area (Å²) in [5, 5.41) is 8.55. The van der Waals surface area contributed by atoms with Crippen LogP contribution in [0, 0.1) is 0 Å². The standard InChI is InChI=1S/C11H22N2O3/c1-11(2,3)16-10(14)13-8-4-5-9(13)6-7-12-15/h9,12,15H,4-8H2,1-3H3. The molecule has 1 aliphatic heterocycles. The molecule has 1 fully saturated rings. The average Bonchev–Trinajstić information content (AvgIpc) is 2.59. The Balaban J connectivity index is 2.47. The van der Waals surface area contributed by atoms with Crippen LogP contribution in [0.4, 0.5) is 4.79 Å². The zero-order valence-corrected chi connectivity index (χ0v) is 10.3. The topological polar surface area (TPSA) is 61.8 Å². The summed E-state index contributed by atoms with van der Waals surface area (Å²) >= 11 is 0. The second-order valence-electron chi connectivity index (χ2n) is 5.17. The first kappa shape index (κ1) is 13.3. The van der Waals surface area contributed by atoms with Gasteiger partial charge in [0.05, 0.1) is 0 Å². The van der Waals surface area contributed by atoms with Gasteiger partial charge in [0, 0.05) is 19.1 Å². The molecule has 0 spiro atoms. The lowest BCUT2D eigenvalue weighted by atomic mass is 10.1. The van der Waals surface area contributed by atoms with Crippen LogP contribution in [0.15, 0.2) is 0 Å². The van der Waals surface area contributed by atoms with E-state index in [-0.39, 0.29) is 12.1 Å². The SMILES string of the molecule is CC(C)(C)OC(=O)N1CCCC1CCNO. The van der Waals surface area contributed by atoms with Crippen LogP contribution >= 0.6 is 0 Å². The highest BCUT2D eigenvalue weighted by atomic mass is 16.6. The number of nitrogens with zero attached hydrogens (tertiary/aromatic N) is 1. The number of rotatable bonds is 3. The van der Waals surface area contributed by atoms with E-state index in [0.29, 0.717) is 6.54 Å². The van der Waals surface area contributed by atoms with Crippen LogP contribution in [-0.2, 0) is 4.74 Å². The summed E-state index contributed by atoms with van der Waals surface area (Å²) in [6.45, 7) is 6.86. The van der Waals surface area contributed by atoms with E-state index in [2.05, 4.69) is 5.48 Å². The van der Waals surface area contributed by atoms with Gasteiger partial charge in [-0.3, -0.25) is 0 Å². The van der Waals surface area contributed by atoms with E-state index >= 15 is 0 Å². The lowest BCUT2D eigenvalue weighted by Gasteiger charge is -2.28. The van der Waals surface area contributed by atoms with Crippen molar-refractivity contribution in [1.29, 1.82) is 0 Å². The van der Waals surface area contributed by atoms with Crippen LogP contribution in [0.1, 0.15) is 40.0 Å². The maximum absolute atomic E-state index is 11.9. The van der Waals surface area contributed by atoms with E-state index in [1.165, 1.54) is 0 Å². The Morgan fingerprint density at radius 3 is 2.81 bits per heavy atom. The van der Waals surface area contributed by atoms with Gasteiger partial charge in [0.25, 0.3) is 0 Å². The third-order valence-corrected chi connectivity index (χ3v) is 2.59. The maximum atomic E-state index is 11.9. The van der Waals surface area contributed by atoms with Gasteiger partial charge in [0.15, 0.2) is 0 Å². The highest BCUT2D eigenvalue weighted by molar-refractivity contribution is 5.68. The predicted octanol–water partition coefficient (Wildman–Crippen LogP) is 1.75. The fraction of sp³-hybridized carbons (Fsp3) is 0.909. The van der Waals surface area contributed by atoms with Crippen LogP contribution in [0.2, 0.25) is 0 Å². The lowest BCUT2D eigenvalue weighted by molar-refractivity contribution is 0.0211. The number of ether oxygens (including phenoxy) is 1. The van der Waals surface area contributed by atoms with Gasteiger partial charge >= 0.3 is 6.09 Å². The van der Waals surface area contributed by atoms with E-state index in [1.807, 2.05) is 20.8 Å². The van der Waals surface area contributed by atoms with Crippen molar-refractivity contribution in [3.8, 4) is 0 Å². The van der Waals surface area contributed by atoms with Crippen molar-refractivity contribution in [1.82, 2.24) is 10.4 Å². The van der Waals surface area contributed by atoms with Crippen LogP contribution in [0.25, 0.3) is 0 Å². The number of carbonyl (C=O) groups is 1. The number of carbonyl (C=O) groups excluding carboxylic acids is 1. The molecular formula is C11H22N2O3. The molecule has 2 N–H and O–H groups in total. The minimum atomic E-state index is -0.445. The first-order valence-electron chi connectivity index (χ1n) is 5.80. The summed E-state index contributed by atoms with van der Waals surface area (Å²) in [6.07, 6.45) is 2.51. The lowest BCUT2D eigenvalue weighted by Crippen LogP contribution is -2.40. The summed E-state index contributed by atoms with van der Waals surface area (Å²) in [4.78, 5) is 13.6. The van der Waals surface area contributed by atoms with Crippen molar-refractivity contribution >= 4 is 6.09 Å². The van der Waals surface area contributed by atoms with Gasteiger partial charge in [0.1, 0.15) is 5.60 Å². The molecule has 0 bridgehead atoms. The second kappa shape index (κ2) is 5.50. The Morgan fingerprint density at radius 1 is 1.56 bits per heavy atom. The summed E-state index contributed by atoms with van der Waals surface area (Å²) in [5.41, 5.74) is 1.68. The third-order valence-electron chi connectivity index (χ3n) is 2.59. The molecule has 0 aromatic carbocycles. The van der Waals surface area contributed by atoms with Crippen LogP contribution in [-0.4, -0.2) is 40.9 Å². The molecule has 94 valence electrons. The molecule has 1 saturated heterocycles. The third kappa shape index (κ3) is 3.98. The number of likely N-dealkylation sites (tertiary alicyclic amines) is 1. The predicted molar refractivity (Wildman–Crippen MR) is 60.4 cm³/mol. The van der Waals surface area contributed by atoms with Gasteiger partial charge in [-0.2, -0.15) is 0 Å². The first-order chi connectivity index (χ1) is 7.44. The molecule has 1 amide bonds. The molecule has 1 rings (SSSR count). The molecule has 5 heteroatoms. The molecule has 16 heavy (non-hydrogen) atoms. The van der Waals surface area contributed by atoms with Gasteiger partial charge in [0.2, 0.25) is 0 Å². The molecular weight excluding hydrogens is 208 g/mol. The number of amides is 1. The van der Waals surface area contributed by atoms with E-state index < -0.39 is 5.60 Å². The van der Waals surface area contributed by atoms with Crippen molar-refractivity contribution in [3.63, 3.8) is 0 Å². The monoisotopic (exact) mass is 230 g/mol. The smallest absolute Gasteiger partial charge is 0.410 e. The van der Waals surface area contributed by atoms with Crippen molar-refractivity contribution in [2.75, 3.05) is 13.1 Å². The molecule has 1 unspecified atom stereocenters. The first-order valence-corrected chi connectivity index (χ1v) is 5.80. The Hall–Kier alpha value is -0.810. The maximum Gasteiger partial charge on any atom is 0.410 e. The highest BCUT2D eigenvalue weighted by Crippen LogP contribution is 2.22. The zero-order chi connectivity index (χ0) is 12.2. The van der Waals surface area contributed by atoms with Crippen molar-refractivity contribution in [2.45, 2.75) is 51.7 Å². The number of hydroxylamine groups is 1. The van der Waals surface area contributed by atoms with Crippen molar-refractivity contribution in [3.05, 3.63) is 0 Å². The molecule has 0 saturated carbocycles. The summed E-state index contributed by atoms with van der Waals surface area (Å²) in [5.74, 6) is 0. The molecule has 1 atom stereocenters. The van der Waals surface area contributed by atoms with Crippen LogP contribution < -0.4 is 5.48 Å². The summed E-state index contributed by atoms with van der Waals surface area (Å²) in [7, 11) is 0. The average molecular weight is 230 g/mol. The summed E-state index contributed by atoms with van der Waals surface area (Å²) in [6, 6.07) is 0.189. The Kier molecular flexibility index (Phi) is 4.56. The molecule has 1 heterocycles. The number of nitrogens with one attached hydrogen (secondary N) is 1. The Bertz CT molecular complexity index is 238. The fourth-order valence-corrected chi connectivity index (χ4v) is 1.93. The molecule has 0 aromatic heterocycles. The minimum absolute atomic E-state index is 0.189. The number of hydrogen-bond donors (Lipinski definition) is 2. The van der Waals surface area contributed by atoms with Crippen LogP contribution in [0.3, 0.4) is 0 Å². The zero-order valence-electron chi connectivity index (χ0n) is 10.3. The van der Waals surface area contributed by atoms with Gasteiger partial charge in [-0.05, 0) is 40.0 Å². The van der Waals surface area contributed by atoms with E-state index in [9.17, 15) is 4.79 Å². The second-order valence-corrected chi connectivity index (χ2v) is 5.17. The normalized spacial score (nSPS) is 21.2.